The van der Waals surface area contributed by atoms with Crippen molar-refractivity contribution in [3.05, 3.63) is 0 Å². The maximum absolute atomic E-state index is 11.9. The number of aliphatic carboxylic acids is 1. The molecule has 3 N–H and O–H groups in total. The summed E-state index contributed by atoms with van der Waals surface area (Å²) in [4.78, 5) is 22.7. The van der Waals surface area contributed by atoms with Gasteiger partial charge in [-0.3, -0.25) is 0 Å². The zero-order chi connectivity index (χ0) is 15.2. The van der Waals surface area contributed by atoms with E-state index in [1.54, 1.807) is 0 Å². The van der Waals surface area contributed by atoms with E-state index in [-0.39, 0.29) is 17.7 Å². The summed E-state index contributed by atoms with van der Waals surface area (Å²) < 4.78 is 5.34. The van der Waals surface area contributed by atoms with Gasteiger partial charge in [-0.2, -0.15) is 0 Å². The van der Waals surface area contributed by atoms with E-state index in [1.165, 1.54) is 0 Å². The van der Waals surface area contributed by atoms with Crippen LogP contribution in [0.1, 0.15) is 52.9 Å². The fourth-order valence-electron chi connectivity index (χ4n) is 2.54. The van der Waals surface area contributed by atoms with E-state index in [0.29, 0.717) is 19.4 Å². The topological polar surface area (TPSA) is 87.7 Å². The molecule has 1 fully saturated rings. The van der Waals surface area contributed by atoms with Crippen LogP contribution in [0.4, 0.5) is 4.79 Å². The monoisotopic (exact) mass is 286 g/mol. The Morgan fingerprint density at radius 2 is 1.80 bits per heavy atom. The lowest BCUT2D eigenvalue weighted by Crippen LogP contribution is -2.52. The van der Waals surface area contributed by atoms with Gasteiger partial charge in [-0.1, -0.05) is 20.8 Å². The van der Waals surface area contributed by atoms with Crippen LogP contribution >= 0.6 is 0 Å². The van der Waals surface area contributed by atoms with Crippen LogP contribution in [0.3, 0.4) is 0 Å². The lowest BCUT2D eigenvalue weighted by molar-refractivity contribution is -0.149. The third kappa shape index (κ3) is 4.37. The fourth-order valence-corrected chi connectivity index (χ4v) is 2.54. The number of carboxylic acids is 1. The van der Waals surface area contributed by atoms with E-state index in [4.69, 9.17) is 9.84 Å². The van der Waals surface area contributed by atoms with Crippen LogP contribution in [0, 0.1) is 0 Å². The van der Waals surface area contributed by atoms with E-state index in [0.717, 1.165) is 19.3 Å². The van der Waals surface area contributed by atoms with Gasteiger partial charge >= 0.3 is 12.0 Å². The van der Waals surface area contributed by atoms with E-state index in [2.05, 4.69) is 31.4 Å². The minimum Gasteiger partial charge on any atom is -0.479 e. The molecule has 6 nitrogen and oxygen atoms in total. The molecule has 1 saturated heterocycles. The summed E-state index contributed by atoms with van der Waals surface area (Å²) in [6, 6.07) is -0.210. The molecule has 0 aromatic heterocycles. The first kappa shape index (κ1) is 16.8. The van der Waals surface area contributed by atoms with Crippen molar-refractivity contribution in [2.45, 2.75) is 70.6 Å². The molecule has 0 saturated carbocycles. The van der Waals surface area contributed by atoms with Gasteiger partial charge in [0.15, 0.2) is 6.10 Å². The minimum atomic E-state index is -0.932. The van der Waals surface area contributed by atoms with Gasteiger partial charge in [-0.05, 0) is 32.1 Å². The Kier molecular flexibility index (Phi) is 6.26. The van der Waals surface area contributed by atoms with Crippen molar-refractivity contribution in [2.24, 2.45) is 0 Å². The summed E-state index contributed by atoms with van der Waals surface area (Å²) in [5.74, 6) is -0.932. The number of amides is 2. The molecule has 0 spiro atoms. The van der Waals surface area contributed by atoms with Gasteiger partial charge in [0.1, 0.15) is 0 Å². The second-order valence-corrected chi connectivity index (χ2v) is 5.34. The van der Waals surface area contributed by atoms with Gasteiger partial charge in [0, 0.05) is 12.1 Å². The van der Waals surface area contributed by atoms with Crippen molar-refractivity contribution in [3.8, 4) is 0 Å². The van der Waals surface area contributed by atoms with Crippen LogP contribution in [-0.4, -0.2) is 41.4 Å². The molecule has 6 heteroatoms. The lowest BCUT2D eigenvalue weighted by Gasteiger charge is -2.32. The first-order valence-electron chi connectivity index (χ1n) is 7.40. The molecule has 1 aliphatic heterocycles. The van der Waals surface area contributed by atoms with Gasteiger partial charge in [0.05, 0.1) is 6.10 Å². The number of hydrogen-bond acceptors (Lipinski definition) is 3. The molecule has 0 bridgehead atoms. The van der Waals surface area contributed by atoms with E-state index >= 15 is 0 Å². The van der Waals surface area contributed by atoms with E-state index < -0.39 is 12.1 Å². The number of hydrogen-bond donors (Lipinski definition) is 3. The van der Waals surface area contributed by atoms with Crippen molar-refractivity contribution in [2.75, 3.05) is 6.54 Å². The molecule has 20 heavy (non-hydrogen) atoms. The number of urea groups is 1. The standard InChI is InChI=1S/C14H26N2O4/c1-4-14(5-2,6-3)16-13(19)15-9-10-7-8-11(20-10)12(17)18/h10-11H,4-9H2,1-3H3,(H,17,18)(H2,15,16,19). The van der Waals surface area contributed by atoms with Gasteiger partial charge in [-0.15, -0.1) is 0 Å². The summed E-state index contributed by atoms with van der Waals surface area (Å²) in [6.07, 6.45) is 2.88. The fraction of sp³-hybridized carbons (Fsp3) is 0.857. The maximum atomic E-state index is 11.9. The molecule has 1 rings (SSSR count). The Balaban J connectivity index is 2.35. The van der Waals surface area contributed by atoms with Gasteiger partial charge < -0.3 is 20.5 Å². The Bertz CT molecular complexity index is 334. The van der Waals surface area contributed by atoms with Crippen LogP contribution in [0.5, 0.6) is 0 Å². The van der Waals surface area contributed by atoms with Crippen molar-refractivity contribution in [3.63, 3.8) is 0 Å². The number of carbonyl (C=O) groups is 2. The van der Waals surface area contributed by atoms with Gasteiger partial charge in [0.25, 0.3) is 0 Å². The predicted octanol–water partition coefficient (Wildman–Crippen LogP) is 1.89. The third-order valence-corrected chi connectivity index (χ3v) is 4.28. The summed E-state index contributed by atoms with van der Waals surface area (Å²) >= 11 is 0. The highest BCUT2D eigenvalue weighted by atomic mass is 16.5. The quantitative estimate of drug-likeness (QED) is 0.667. The summed E-state index contributed by atoms with van der Waals surface area (Å²) in [7, 11) is 0. The maximum Gasteiger partial charge on any atom is 0.332 e. The highest BCUT2D eigenvalue weighted by Crippen LogP contribution is 2.20. The molecule has 1 aliphatic rings. The molecule has 2 atom stereocenters. The number of carbonyl (C=O) groups excluding carboxylic acids is 1. The van der Waals surface area contributed by atoms with Crippen molar-refractivity contribution < 1.29 is 19.4 Å². The highest BCUT2D eigenvalue weighted by molar-refractivity contribution is 5.75. The highest BCUT2D eigenvalue weighted by Gasteiger charge is 2.31. The van der Waals surface area contributed by atoms with Crippen LogP contribution in [0.2, 0.25) is 0 Å². The summed E-state index contributed by atoms with van der Waals surface area (Å²) in [5.41, 5.74) is -0.162. The Labute approximate surface area is 120 Å². The number of ether oxygens (including phenoxy) is 1. The second kappa shape index (κ2) is 7.47. The molecule has 1 heterocycles. The summed E-state index contributed by atoms with van der Waals surface area (Å²) in [5, 5.41) is 14.6. The van der Waals surface area contributed by atoms with Crippen molar-refractivity contribution >= 4 is 12.0 Å². The van der Waals surface area contributed by atoms with Crippen molar-refractivity contribution in [1.29, 1.82) is 0 Å². The Morgan fingerprint density at radius 3 is 2.25 bits per heavy atom. The second-order valence-electron chi connectivity index (χ2n) is 5.34. The van der Waals surface area contributed by atoms with Crippen LogP contribution in [-0.2, 0) is 9.53 Å². The molecule has 2 unspecified atom stereocenters. The molecular formula is C14H26N2O4. The molecule has 0 aromatic rings. The SMILES string of the molecule is CCC(CC)(CC)NC(=O)NCC1CCC(C(=O)O)O1. The molecular weight excluding hydrogens is 260 g/mol. The number of rotatable bonds is 7. The molecule has 2 amide bonds. The average molecular weight is 286 g/mol. The number of nitrogens with one attached hydrogen (secondary N) is 2. The molecule has 116 valence electrons. The van der Waals surface area contributed by atoms with Gasteiger partial charge in [-0.25, -0.2) is 9.59 Å². The third-order valence-electron chi connectivity index (χ3n) is 4.28. The van der Waals surface area contributed by atoms with Crippen molar-refractivity contribution in [1.82, 2.24) is 10.6 Å². The lowest BCUT2D eigenvalue weighted by atomic mass is 9.90. The van der Waals surface area contributed by atoms with Crippen LogP contribution in [0.25, 0.3) is 0 Å². The first-order chi connectivity index (χ1) is 9.46. The summed E-state index contributed by atoms with van der Waals surface area (Å²) in [6.45, 7) is 6.53. The predicted molar refractivity (Wildman–Crippen MR) is 75.7 cm³/mol. The smallest absolute Gasteiger partial charge is 0.332 e. The first-order valence-corrected chi connectivity index (χ1v) is 7.40. The zero-order valence-corrected chi connectivity index (χ0v) is 12.6. The molecule has 0 radical (unpaired) electrons. The Morgan fingerprint density at radius 1 is 1.20 bits per heavy atom. The normalized spacial score (nSPS) is 22.6. The molecule has 0 aliphatic carbocycles. The Hall–Kier alpha value is -1.30. The molecule has 0 aromatic carbocycles. The average Bonchev–Trinajstić information content (AvgIpc) is 2.92. The number of carboxylic acid groups (broad SMARTS) is 1. The largest absolute Gasteiger partial charge is 0.479 e. The van der Waals surface area contributed by atoms with E-state index in [1.807, 2.05) is 0 Å². The zero-order valence-electron chi connectivity index (χ0n) is 12.6. The van der Waals surface area contributed by atoms with Gasteiger partial charge in [0.2, 0.25) is 0 Å². The minimum absolute atomic E-state index is 0.162. The van der Waals surface area contributed by atoms with Crippen LogP contribution in [0.15, 0.2) is 0 Å². The van der Waals surface area contributed by atoms with Crippen LogP contribution < -0.4 is 10.6 Å². The van der Waals surface area contributed by atoms with E-state index in [9.17, 15) is 9.59 Å².